The van der Waals surface area contributed by atoms with Crippen LogP contribution in [0.15, 0.2) is 0 Å². The maximum atomic E-state index is 6.33. The van der Waals surface area contributed by atoms with E-state index in [1.807, 2.05) is 0 Å². The molecule has 2 aliphatic heterocycles. The van der Waals surface area contributed by atoms with Crippen LogP contribution in [0.4, 0.5) is 0 Å². The Balaban J connectivity index is 1.77. The Morgan fingerprint density at radius 3 is 1.04 bits per heavy atom. The summed E-state index contributed by atoms with van der Waals surface area (Å²) in [7, 11) is 0. The minimum absolute atomic E-state index is 0.210. The van der Waals surface area contributed by atoms with Crippen LogP contribution in [0.1, 0.15) is 107 Å². The highest BCUT2D eigenvalue weighted by Gasteiger charge is 2.44. The summed E-state index contributed by atoms with van der Waals surface area (Å²) in [5.74, 6) is 0. The molecule has 0 atom stereocenters. The van der Waals surface area contributed by atoms with Crippen LogP contribution in [0.2, 0.25) is 0 Å². The van der Waals surface area contributed by atoms with Crippen LogP contribution in [-0.4, -0.2) is 57.1 Å². The molecule has 0 saturated carbocycles. The summed E-state index contributed by atoms with van der Waals surface area (Å²) in [6, 6.07) is 0.677. The van der Waals surface area contributed by atoms with E-state index in [4.69, 9.17) is 11.5 Å². The molecule has 2 saturated heterocycles. The van der Waals surface area contributed by atoms with Crippen molar-refractivity contribution in [3.05, 3.63) is 0 Å². The molecule has 28 heavy (non-hydrogen) atoms. The lowest BCUT2D eigenvalue weighted by molar-refractivity contribution is -0.0384. The van der Waals surface area contributed by atoms with Gasteiger partial charge in [-0.2, -0.15) is 0 Å². The van der Waals surface area contributed by atoms with Crippen LogP contribution < -0.4 is 11.5 Å². The molecule has 0 aromatic carbocycles. The Morgan fingerprint density at radius 1 is 0.536 bits per heavy atom. The molecule has 4 N–H and O–H groups in total. The third-order valence-electron chi connectivity index (χ3n) is 7.48. The van der Waals surface area contributed by atoms with E-state index in [1.54, 1.807) is 0 Å². The van der Waals surface area contributed by atoms with Gasteiger partial charge < -0.3 is 11.5 Å². The SMILES string of the molecule is CC1(C)CC(N)CC(C)(C)N1CCCCCCN1C(C)(C)CC(N)CC1(C)C. The summed E-state index contributed by atoms with van der Waals surface area (Å²) in [4.78, 5) is 5.45. The number of nitrogens with two attached hydrogens (primary N) is 2. The molecular formula is C24H50N4. The summed E-state index contributed by atoms with van der Waals surface area (Å²) in [5, 5.41) is 0. The Labute approximate surface area is 175 Å². The highest BCUT2D eigenvalue weighted by Crippen LogP contribution is 2.39. The molecular weight excluding hydrogens is 344 g/mol. The van der Waals surface area contributed by atoms with Crippen molar-refractivity contribution in [2.75, 3.05) is 13.1 Å². The first kappa shape index (κ1) is 24.1. The molecule has 0 spiro atoms. The smallest absolute Gasteiger partial charge is 0.0173 e. The molecule has 2 rings (SSSR count). The Morgan fingerprint density at radius 2 is 0.786 bits per heavy atom. The minimum atomic E-state index is 0.210. The quantitative estimate of drug-likeness (QED) is 0.624. The van der Waals surface area contributed by atoms with Gasteiger partial charge in [0.1, 0.15) is 0 Å². The molecule has 0 amide bonds. The summed E-state index contributed by atoms with van der Waals surface area (Å²) in [5.41, 5.74) is 13.5. The first-order valence-electron chi connectivity index (χ1n) is 11.7. The molecule has 0 bridgehead atoms. The summed E-state index contributed by atoms with van der Waals surface area (Å²) in [6.45, 7) is 21.4. The van der Waals surface area contributed by atoms with Crippen LogP contribution >= 0.6 is 0 Å². The number of hydrogen-bond donors (Lipinski definition) is 2. The van der Waals surface area contributed by atoms with Gasteiger partial charge in [-0.1, -0.05) is 12.8 Å². The van der Waals surface area contributed by atoms with Crippen molar-refractivity contribution in [3.8, 4) is 0 Å². The van der Waals surface area contributed by atoms with Gasteiger partial charge in [0.15, 0.2) is 0 Å². The topological polar surface area (TPSA) is 58.5 Å². The number of piperidine rings is 2. The second kappa shape index (κ2) is 8.53. The number of unbranched alkanes of at least 4 members (excludes halogenated alkanes) is 3. The Bertz CT molecular complexity index is 427. The fraction of sp³-hybridized carbons (Fsp3) is 1.00. The first-order valence-corrected chi connectivity index (χ1v) is 11.7. The number of nitrogens with zero attached hydrogens (tertiary/aromatic N) is 2. The van der Waals surface area contributed by atoms with Crippen LogP contribution in [0, 0.1) is 0 Å². The van der Waals surface area contributed by atoms with E-state index in [-0.39, 0.29) is 22.2 Å². The van der Waals surface area contributed by atoms with Gasteiger partial charge >= 0.3 is 0 Å². The average molecular weight is 395 g/mol. The van der Waals surface area contributed by atoms with Gasteiger partial charge in [-0.15, -0.1) is 0 Å². The highest BCUT2D eigenvalue weighted by atomic mass is 15.3. The van der Waals surface area contributed by atoms with Crippen molar-refractivity contribution in [1.82, 2.24) is 9.80 Å². The van der Waals surface area contributed by atoms with E-state index in [0.717, 1.165) is 25.7 Å². The minimum Gasteiger partial charge on any atom is -0.328 e. The van der Waals surface area contributed by atoms with Crippen LogP contribution in [0.25, 0.3) is 0 Å². The zero-order valence-electron chi connectivity index (χ0n) is 20.3. The molecule has 2 aliphatic rings. The summed E-state index contributed by atoms with van der Waals surface area (Å²) >= 11 is 0. The molecule has 0 aromatic heterocycles. The van der Waals surface area contributed by atoms with Crippen molar-refractivity contribution in [2.24, 2.45) is 11.5 Å². The number of hydrogen-bond acceptors (Lipinski definition) is 4. The van der Waals surface area contributed by atoms with Crippen LogP contribution in [-0.2, 0) is 0 Å². The second-order valence-electron chi connectivity index (χ2n) is 12.3. The molecule has 166 valence electrons. The second-order valence-corrected chi connectivity index (χ2v) is 12.3. The lowest BCUT2D eigenvalue weighted by atomic mass is 9.77. The molecule has 0 aromatic rings. The van der Waals surface area contributed by atoms with E-state index in [9.17, 15) is 0 Å². The predicted octanol–water partition coefficient (Wildman–Crippen LogP) is 4.51. The average Bonchev–Trinajstić information content (AvgIpc) is 2.43. The van der Waals surface area contributed by atoms with Gasteiger partial charge in [-0.25, -0.2) is 0 Å². The number of likely N-dealkylation sites (tertiary alicyclic amines) is 2. The van der Waals surface area contributed by atoms with Gasteiger partial charge in [0.25, 0.3) is 0 Å². The largest absolute Gasteiger partial charge is 0.328 e. The van der Waals surface area contributed by atoms with Crippen molar-refractivity contribution in [2.45, 2.75) is 141 Å². The van der Waals surface area contributed by atoms with Gasteiger partial charge in [0.05, 0.1) is 0 Å². The molecule has 0 aliphatic carbocycles. The summed E-state index contributed by atoms with van der Waals surface area (Å²) < 4.78 is 0. The fourth-order valence-corrected chi connectivity index (χ4v) is 6.89. The van der Waals surface area contributed by atoms with E-state index in [0.29, 0.717) is 12.1 Å². The van der Waals surface area contributed by atoms with E-state index < -0.39 is 0 Å². The van der Waals surface area contributed by atoms with Crippen LogP contribution in [0.5, 0.6) is 0 Å². The van der Waals surface area contributed by atoms with Gasteiger partial charge in [0, 0.05) is 34.2 Å². The van der Waals surface area contributed by atoms with Gasteiger partial charge in [0.2, 0.25) is 0 Å². The fourth-order valence-electron chi connectivity index (χ4n) is 6.89. The predicted molar refractivity (Wildman–Crippen MR) is 123 cm³/mol. The van der Waals surface area contributed by atoms with Gasteiger partial charge in [-0.05, 0) is 107 Å². The first-order chi connectivity index (χ1) is 12.7. The molecule has 2 heterocycles. The Kier molecular flexibility index (Phi) is 7.34. The molecule has 4 nitrogen and oxygen atoms in total. The van der Waals surface area contributed by atoms with Crippen molar-refractivity contribution in [1.29, 1.82) is 0 Å². The molecule has 0 radical (unpaired) electrons. The standard InChI is InChI=1S/C24H50N4/c1-21(2)15-19(25)16-22(3,4)27(21)13-11-9-10-12-14-28-23(5,6)17-20(26)18-24(28,7)8/h19-20H,9-18,25-26H2,1-8H3. The third kappa shape index (κ3) is 5.71. The number of rotatable bonds is 7. The third-order valence-corrected chi connectivity index (χ3v) is 7.48. The van der Waals surface area contributed by atoms with Crippen molar-refractivity contribution in [3.63, 3.8) is 0 Å². The van der Waals surface area contributed by atoms with Gasteiger partial charge in [-0.3, -0.25) is 9.80 Å². The Hall–Kier alpha value is -0.160. The lowest BCUT2D eigenvalue weighted by Gasteiger charge is -2.55. The maximum Gasteiger partial charge on any atom is 0.0173 e. The van der Waals surface area contributed by atoms with Crippen molar-refractivity contribution >= 4 is 0 Å². The monoisotopic (exact) mass is 394 g/mol. The van der Waals surface area contributed by atoms with E-state index in [1.165, 1.54) is 38.8 Å². The lowest BCUT2D eigenvalue weighted by Crippen LogP contribution is -2.63. The summed E-state index contributed by atoms with van der Waals surface area (Å²) in [6.07, 6.45) is 9.66. The van der Waals surface area contributed by atoms with Crippen molar-refractivity contribution < 1.29 is 0 Å². The van der Waals surface area contributed by atoms with E-state index in [2.05, 4.69) is 65.2 Å². The molecule has 0 unspecified atom stereocenters. The zero-order chi connectivity index (χ0) is 21.4. The molecule has 4 heteroatoms. The van der Waals surface area contributed by atoms with E-state index >= 15 is 0 Å². The highest BCUT2D eigenvalue weighted by molar-refractivity contribution is 5.02. The van der Waals surface area contributed by atoms with Crippen LogP contribution in [0.3, 0.4) is 0 Å². The molecule has 2 fully saturated rings. The zero-order valence-corrected chi connectivity index (χ0v) is 20.3. The normalized spacial score (nSPS) is 28.5. The maximum absolute atomic E-state index is 6.33.